The fraction of sp³-hybridized carbons (Fsp3) is 0.922. The minimum Gasteiger partial charge on any atom is -0.466 e. The van der Waals surface area contributed by atoms with E-state index in [1.54, 1.807) is 6.08 Å². The summed E-state index contributed by atoms with van der Waals surface area (Å²) in [6.07, 6.45) is 92.7. The molecule has 0 rings (SSSR count). The molecule has 492 valence electrons. The number of nitrogens with one attached hydrogen (secondary N) is 1. The molecule has 0 aromatic heterocycles. The first kappa shape index (κ1) is 81.3. The summed E-state index contributed by atoms with van der Waals surface area (Å²) in [5.41, 5.74) is 0. The molecule has 0 fully saturated rings. The maximum Gasteiger partial charge on any atom is 0.305 e. The molecule has 2 atom stereocenters. The lowest BCUT2D eigenvalue weighted by Crippen LogP contribution is -2.45. The molecule has 0 saturated heterocycles. The number of aliphatic hydroxyl groups excluding tert-OH is 2. The standard InChI is InChI=1S/C77H149NO5/c1-3-5-7-9-11-13-15-17-19-21-23-24-27-30-34-37-41-45-49-53-57-61-65-69-75(80)74(73-79)78-76(81)70-66-62-58-54-50-46-42-38-35-31-28-25-26-29-32-36-40-44-48-52-56-60-64-68-72-83-77(82)71-67-63-59-55-51-47-43-39-33-22-20-18-16-14-12-10-8-6-4-2/h18,20,65,69,74-75,79-80H,3-17,19,21-64,66-68,70-73H2,1-2H3,(H,78,81)/b20-18-,69-65+. The van der Waals surface area contributed by atoms with Gasteiger partial charge in [-0.1, -0.05) is 385 Å². The van der Waals surface area contributed by atoms with Crippen LogP contribution >= 0.6 is 0 Å². The van der Waals surface area contributed by atoms with Crippen LogP contribution in [0, 0.1) is 0 Å². The van der Waals surface area contributed by atoms with E-state index >= 15 is 0 Å². The van der Waals surface area contributed by atoms with E-state index in [0.29, 0.717) is 19.4 Å². The summed E-state index contributed by atoms with van der Waals surface area (Å²) in [6.45, 7) is 4.95. The number of carbonyl (C=O) groups excluding carboxylic acids is 2. The first-order valence-corrected chi connectivity index (χ1v) is 38.1. The van der Waals surface area contributed by atoms with Gasteiger partial charge in [0.25, 0.3) is 0 Å². The van der Waals surface area contributed by atoms with Crippen LogP contribution in [0.2, 0.25) is 0 Å². The molecule has 6 heteroatoms. The number of ether oxygens (including phenoxy) is 1. The number of rotatable bonds is 72. The smallest absolute Gasteiger partial charge is 0.305 e. The van der Waals surface area contributed by atoms with Gasteiger partial charge in [0.15, 0.2) is 0 Å². The molecule has 0 aliphatic rings. The van der Waals surface area contributed by atoms with Crippen molar-refractivity contribution in [2.24, 2.45) is 0 Å². The third kappa shape index (κ3) is 69.3. The van der Waals surface area contributed by atoms with Crippen molar-refractivity contribution in [3.8, 4) is 0 Å². The van der Waals surface area contributed by atoms with Gasteiger partial charge in [-0.3, -0.25) is 9.59 Å². The molecule has 0 spiro atoms. The van der Waals surface area contributed by atoms with Gasteiger partial charge in [0.1, 0.15) is 0 Å². The second-order valence-electron chi connectivity index (χ2n) is 26.3. The van der Waals surface area contributed by atoms with Crippen molar-refractivity contribution in [3.05, 3.63) is 24.3 Å². The molecular formula is C77H149NO5. The lowest BCUT2D eigenvalue weighted by molar-refractivity contribution is -0.143. The maximum absolute atomic E-state index is 12.5. The number of amides is 1. The third-order valence-corrected chi connectivity index (χ3v) is 18.0. The van der Waals surface area contributed by atoms with Gasteiger partial charge in [-0.2, -0.15) is 0 Å². The van der Waals surface area contributed by atoms with Crippen LogP contribution in [0.5, 0.6) is 0 Å². The molecule has 0 bridgehead atoms. The zero-order chi connectivity index (χ0) is 59.9. The lowest BCUT2D eigenvalue weighted by atomic mass is 10.0. The fourth-order valence-electron chi connectivity index (χ4n) is 12.2. The number of esters is 1. The number of hydrogen-bond acceptors (Lipinski definition) is 5. The van der Waals surface area contributed by atoms with E-state index in [9.17, 15) is 19.8 Å². The van der Waals surface area contributed by atoms with Gasteiger partial charge in [0, 0.05) is 12.8 Å². The molecular weight excluding hydrogens is 1020 g/mol. The molecule has 83 heavy (non-hydrogen) atoms. The highest BCUT2D eigenvalue weighted by molar-refractivity contribution is 5.76. The quantitative estimate of drug-likeness (QED) is 0.0320. The summed E-state index contributed by atoms with van der Waals surface area (Å²) in [5, 5.41) is 23.3. The van der Waals surface area contributed by atoms with E-state index in [4.69, 9.17) is 4.74 Å². The van der Waals surface area contributed by atoms with Crippen molar-refractivity contribution in [3.63, 3.8) is 0 Å². The van der Waals surface area contributed by atoms with Crippen molar-refractivity contribution in [2.75, 3.05) is 13.2 Å². The predicted molar refractivity (Wildman–Crippen MR) is 366 cm³/mol. The van der Waals surface area contributed by atoms with Gasteiger partial charge >= 0.3 is 5.97 Å². The minimum atomic E-state index is -0.845. The average Bonchev–Trinajstić information content (AvgIpc) is 3.49. The Balaban J connectivity index is 3.38. The molecule has 0 aromatic carbocycles. The van der Waals surface area contributed by atoms with Crippen LogP contribution in [0.15, 0.2) is 24.3 Å². The van der Waals surface area contributed by atoms with Crippen LogP contribution in [0.4, 0.5) is 0 Å². The Hall–Kier alpha value is -1.66. The van der Waals surface area contributed by atoms with Crippen molar-refractivity contribution in [1.29, 1.82) is 0 Å². The van der Waals surface area contributed by atoms with Crippen molar-refractivity contribution in [1.82, 2.24) is 5.32 Å². The van der Waals surface area contributed by atoms with Crippen molar-refractivity contribution < 1.29 is 24.5 Å². The number of allylic oxidation sites excluding steroid dienone is 3. The highest BCUT2D eigenvalue weighted by Gasteiger charge is 2.18. The first-order chi connectivity index (χ1) is 41.0. The largest absolute Gasteiger partial charge is 0.466 e. The van der Waals surface area contributed by atoms with Crippen LogP contribution in [-0.4, -0.2) is 47.4 Å². The number of carbonyl (C=O) groups is 2. The number of unbranched alkanes of at least 4 members (excludes halogenated alkanes) is 59. The summed E-state index contributed by atoms with van der Waals surface area (Å²) < 4.78 is 5.51. The monoisotopic (exact) mass is 1170 g/mol. The summed E-state index contributed by atoms with van der Waals surface area (Å²) in [6, 6.07) is -0.628. The van der Waals surface area contributed by atoms with E-state index < -0.39 is 12.1 Å². The third-order valence-electron chi connectivity index (χ3n) is 18.0. The Labute approximate surface area is 520 Å². The summed E-state index contributed by atoms with van der Waals surface area (Å²) >= 11 is 0. The Morgan fingerprint density at radius 3 is 0.855 bits per heavy atom. The van der Waals surface area contributed by atoms with E-state index in [1.807, 2.05) is 6.08 Å². The fourth-order valence-corrected chi connectivity index (χ4v) is 12.2. The Morgan fingerprint density at radius 2 is 0.566 bits per heavy atom. The van der Waals surface area contributed by atoms with Crippen LogP contribution in [0.1, 0.15) is 431 Å². The van der Waals surface area contributed by atoms with Crippen LogP contribution < -0.4 is 5.32 Å². The van der Waals surface area contributed by atoms with Crippen LogP contribution in [0.25, 0.3) is 0 Å². The maximum atomic E-state index is 12.5. The predicted octanol–water partition coefficient (Wildman–Crippen LogP) is 24.9. The molecule has 0 aliphatic heterocycles. The second kappa shape index (κ2) is 72.8. The molecule has 6 nitrogen and oxygen atoms in total. The summed E-state index contributed by atoms with van der Waals surface area (Å²) in [4.78, 5) is 24.7. The Morgan fingerprint density at radius 1 is 0.325 bits per heavy atom. The topological polar surface area (TPSA) is 95.9 Å². The van der Waals surface area contributed by atoms with Gasteiger partial charge < -0.3 is 20.3 Å². The first-order valence-electron chi connectivity index (χ1n) is 38.1. The van der Waals surface area contributed by atoms with Crippen LogP contribution in [-0.2, 0) is 14.3 Å². The molecule has 3 N–H and O–H groups in total. The van der Waals surface area contributed by atoms with Crippen molar-refractivity contribution >= 4 is 11.9 Å². The normalized spacial score (nSPS) is 12.6. The number of aliphatic hydroxyl groups is 2. The van der Waals surface area contributed by atoms with Gasteiger partial charge in [-0.05, 0) is 57.8 Å². The minimum absolute atomic E-state index is 0.0157. The molecule has 0 heterocycles. The molecule has 0 aliphatic carbocycles. The van der Waals surface area contributed by atoms with Crippen molar-refractivity contribution in [2.45, 2.75) is 443 Å². The average molecular weight is 1170 g/mol. The van der Waals surface area contributed by atoms with E-state index in [2.05, 4.69) is 31.3 Å². The molecule has 1 amide bonds. The molecule has 2 unspecified atom stereocenters. The Bertz CT molecular complexity index is 1300. The molecule has 0 aromatic rings. The molecule has 0 radical (unpaired) electrons. The van der Waals surface area contributed by atoms with E-state index in [0.717, 1.165) is 38.5 Å². The Kier molecular flexibility index (Phi) is 71.4. The van der Waals surface area contributed by atoms with Gasteiger partial charge in [-0.15, -0.1) is 0 Å². The molecule has 0 saturated carbocycles. The summed E-state index contributed by atoms with van der Waals surface area (Å²) in [7, 11) is 0. The second-order valence-corrected chi connectivity index (χ2v) is 26.3. The van der Waals surface area contributed by atoms with Crippen LogP contribution in [0.3, 0.4) is 0 Å². The SMILES string of the molecule is CCCCCCCC/C=C\CCCCCCCCCCCC(=O)OCCCCCCCCCCCCCCCCCCCCCCCCCCC(=O)NC(CO)C(O)/C=C/CCCCCCCCCCCCCCCCCCCCCCC. The zero-order valence-electron chi connectivity index (χ0n) is 56.5. The zero-order valence-corrected chi connectivity index (χ0v) is 56.5. The van der Waals surface area contributed by atoms with Gasteiger partial charge in [-0.25, -0.2) is 0 Å². The van der Waals surface area contributed by atoms with Gasteiger partial charge in [0.2, 0.25) is 5.91 Å². The summed E-state index contributed by atoms with van der Waals surface area (Å²) in [5.74, 6) is -0.0462. The lowest BCUT2D eigenvalue weighted by Gasteiger charge is -2.20. The van der Waals surface area contributed by atoms with E-state index in [1.165, 1.54) is 366 Å². The highest BCUT2D eigenvalue weighted by atomic mass is 16.5. The van der Waals surface area contributed by atoms with E-state index in [-0.39, 0.29) is 18.5 Å². The number of hydrogen-bond donors (Lipinski definition) is 3. The van der Waals surface area contributed by atoms with Gasteiger partial charge in [0.05, 0.1) is 25.4 Å². The highest BCUT2D eigenvalue weighted by Crippen LogP contribution is 2.19.